The lowest BCUT2D eigenvalue weighted by Gasteiger charge is -2.23. The number of aliphatic imine (C=N–C) groups is 1. The van der Waals surface area contributed by atoms with Crippen LogP contribution in [0.15, 0.2) is 96.0 Å². The Hall–Kier alpha value is -7.61. The van der Waals surface area contributed by atoms with Crippen LogP contribution in [0.2, 0.25) is 0 Å². The van der Waals surface area contributed by atoms with Gasteiger partial charge in [0.15, 0.2) is 17.3 Å². The van der Waals surface area contributed by atoms with Crippen LogP contribution >= 0.6 is 0 Å². The van der Waals surface area contributed by atoms with Crippen molar-refractivity contribution in [3.8, 4) is 17.2 Å². The molecule has 372 valence electrons. The molecule has 14 heteroatoms. The number of amides is 4. The van der Waals surface area contributed by atoms with Gasteiger partial charge in [-0.05, 0) is 128 Å². The Labute approximate surface area is 420 Å². The molecule has 4 aliphatic rings. The lowest BCUT2D eigenvalue weighted by Crippen LogP contribution is -2.39. The number of methoxy groups -OCH3 is 1. The quantitative estimate of drug-likeness (QED) is 0.0765. The molecule has 0 saturated heterocycles. The SMILES string of the molecule is CCC(=O)CCCCC(=O)N[C@@H](C)C(=O)C[C@@H](C)C(=O)Nc1cc(COc2cc3c(cc2C)C(=O)N2c4ccccc4C[C@H]2C=N3)cc(COc2cc3c(cc2OC)C(=O)N2c4ccccc4C[C@H]2CC3)c1. The number of Topliss-reactive ketones (excluding diaryl/α,β-unsaturated/α-hetero) is 2. The molecule has 0 aromatic heterocycles. The molecule has 0 saturated carbocycles. The van der Waals surface area contributed by atoms with Crippen molar-refractivity contribution in [2.45, 2.75) is 123 Å². The number of benzene rings is 5. The molecule has 0 unspecified atom stereocenters. The number of unbranched alkanes of at least 4 members (excludes halogenated alkanes) is 1. The van der Waals surface area contributed by atoms with Crippen LogP contribution in [0.4, 0.5) is 22.7 Å². The molecule has 14 nitrogen and oxygen atoms in total. The fourth-order valence-corrected chi connectivity index (χ4v) is 10.2. The number of nitrogens with zero attached hydrogens (tertiary/aromatic N) is 3. The van der Waals surface area contributed by atoms with E-state index in [1.165, 1.54) is 5.56 Å². The summed E-state index contributed by atoms with van der Waals surface area (Å²) < 4.78 is 18.8. The smallest absolute Gasteiger partial charge is 0.261 e. The van der Waals surface area contributed by atoms with Crippen molar-refractivity contribution in [2.24, 2.45) is 10.9 Å². The van der Waals surface area contributed by atoms with E-state index in [0.717, 1.165) is 40.9 Å². The fraction of sp³-hybridized carbons (Fsp3) is 0.362. The van der Waals surface area contributed by atoms with Crippen molar-refractivity contribution >= 4 is 64.2 Å². The van der Waals surface area contributed by atoms with Gasteiger partial charge >= 0.3 is 0 Å². The summed E-state index contributed by atoms with van der Waals surface area (Å²) in [5.41, 5.74) is 9.19. The second kappa shape index (κ2) is 21.4. The van der Waals surface area contributed by atoms with Crippen LogP contribution < -0.4 is 34.6 Å². The summed E-state index contributed by atoms with van der Waals surface area (Å²) in [6.45, 7) is 7.13. The first-order valence-electron chi connectivity index (χ1n) is 25.0. The highest BCUT2D eigenvalue weighted by atomic mass is 16.5. The molecule has 9 rings (SSSR count). The standard InChI is InChI=1S/C58H61N5O9/c1-6-45(64)15-9-12-18-55(66)60-36(4)51(65)22-35(3)56(67)61-42-24-37(32-71-52-30-48-47(21-34(52)2)58(69)63-44(31-59-48)27-41-14-8-11-17-50(41)63)23-38(25-42)33-72-54-28-39-19-20-43-26-40-13-7-10-16-49(40)62(43)57(68)46(39)29-53(54)70-5/h7-8,10-11,13-14,16-17,21,23-25,28-31,35-36,43-44H,6,9,12,15,18-20,22,26-27,32-33H2,1-5H3,(H,60,66)(H,61,67)/t35-,36+,43-,44+/m1/s1. The number of hydrogen-bond donors (Lipinski definition) is 2. The summed E-state index contributed by atoms with van der Waals surface area (Å²) in [5.74, 6) is -0.275. The second-order valence-electron chi connectivity index (χ2n) is 19.4. The van der Waals surface area contributed by atoms with Crippen LogP contribution in [0, 0.1) is 12.8 Å². The number of rotatable bonds is 19. The van der Waals surface area contributed by atoms with Gasteiger partial charge in [0, 0.05) is 79.0 Å². The molecule has 0 spiro atoms. The van der Waals surface area contributed by atoms with Crippen LogP contribution in [-0.4, -0.2) is 66.6 Å². The summed E-state index contributed by atoms with van der Waals surface area (Å²) in [6, 6.07) is 27.9. The first-order valence-corrected chi connectivity index (χ1v) is 25.0. The number of ether oxygens (including phenoxy) is 3. The molecule has 0 bridgehead atoms. The number of para-hydroxylation sites is 2. The normalized spacial score (nSPS) is 17.0. The maximum absolute atomic E-state index is 14.1. The average Bonchev–Trinajstić information content (AvgIpc) is 3.87. The minimum absolute atomic E-state index is 0.0619. The van der Waals surface area contributed by atoms with Gasteiger partial charge in [-0.15, -0.1) is 0 Å². The van der Waals surface area contributed by atoms with E-state index in [2.05, 4.69) is 16.7 Å². The zero-order valence-electron chi connectivity index (χ0n) is 41.5. The van der Waals surface area contributed by atoms with Gasteiger partial charge in [0.1, 0.15) is 24.7 Å². The number of aryl methyl sites for hydroxylation is 2. The Morgan fingerprint density at radius 1 is 0.750 bits per heavy atom. The number of hydrogen-bond acceptors (Lipinski definition) is 10. The molecular formula is C58H61N5O9. The van der Waals surface area contributed by atoms with E-state index in [1.54, 1.807) is 45.2 Å². The van der Waals surface area contributed by atoms with Gasteiger partial charge in [0.05, 0.1) is 30.4 Å². The summed E-state index contributed by atoms with van der Waals surface area (Å²) in [4.78, 5) is 87.9. The van der Waals surface area contributed by atoms with Gasteiger partial charge in [-0.25, -0.2) is 0 Å². The molecule has 5 aromatic rings. The molecule has 72 heavy (non-hydrogen) atoms. The summed E-state index contributed by atoms with van der Waals surface area (Å²) >= 11 is 0. The van der Waals surface area contributed by atoms with E-state index >= 15 is 0 Å². The largest absolute Gasteiger partial charge is 0.493 e. The fourth-order valence-electron chi connectivity index (χ4n) is 10.2. The minimum Gasteiger partial charge on any atom is -0.493 e. The van der Waals surface area contributed by atoms with Crippen molar-refractivity contribution in [2.75, 3.05) is 22.2 Å². The van der Waals surface area contributed by atoms with Crippen LogP contribution in [0.5, 0.6) is 17.2 Å². The summed E-state index contributed by atoms with van der Waals surface area (Å²) in [5, 5.41) is 5.74. The predicted molar refractivity (Wildman–Crippen MR) is 276 cm³/mol. The van der Waals surface area contributed by atoms with Gasteiger partial charge in [0.25, 0.3) is 11.8 Å². The number of fused-ring (bicyclic) bond motifs is 8. The third kappa shape index (κ3) is 10.5. The van der Waals surface area contributed by atoms with E-state index in [0.29, 0.717) is 89.4 Å². The van der Waals surface area contributed by atoms with Gasteiger partial charge < -0.3 is 29.7 Å². The molecule has 0 aliphatic carbocycles. The monoisotopic (exact) mass is 971 g/mol. The van der Waals surface area contributed by atoms with Crippen molar-refractivity contribution in [1.29, 1.82) is 0 Å². The highest BCUT2D eigenvalue weighted by molar-refractivity contribution is 6.15. The average molecular weight is 972 g/mol. The van der Waals surface area contributed by atoms with E-state index in [-0.39, 0.29) is 73.3 Å². The highest BCUT2D eigenvalue weighted by Gasteiger charge is 2.38. The number of ketones is 2. The van der Waals surface area contributed by atoms with E-state index < -0.39 is 12.0 Å². The predicted octanol–water partition coefficient (Wildman–Crippen LogP) is 9.54. The maximum Gasteiger partial charge on any atom is 0.261 e. The zero-order valence-corrected chi connectivity index (χ0v) is 41.5. The molecule has 4 aliphatic heterocycles. The number of carbonyl (C=O) groups excluding carboxylic acids is 6. The van der Waals surface area contributed by atoms with Gasteiger partial charge in [-0.1, -0.05) is 50.2 Å². The molecular weight excluding hydrogens is 911 g/mol. The number of carbonyl (C=O) groups is 6. The first kappa shape index (κ1) is 49.4. The van der Waals surface area contributed by atoms with Gasteiger partial charge in [-0.2, -0.15) is 0 Å². The van der Waals surface area contributed by atoms with Crippen molar-refractivity contribution in [1.82, 2.24) is 5.32 Å². The zero-order chi connectivity index (χ0) is 50.6. The lowest BCUT2D eigenvalue weighted by molar-refractivity contribution is -0.129. The summed E-state index contributed by atoms with van der Waals surface area (Å²) in [7, 11) is 1.55. The Bertz CT molecular complexity index is 3000. The minimum atomic E-state index is -0.791. The van der Waals surface area contributed by atoms with Gasteiger partial charge in [0.2, 0.25) is 11.8 Å². The van der Waals surface area contributed by atoms with Crippen molar-refractivity contribution < 1.29 is 43.0 Å². The third-order valence-electron chi connectivity index (χ3n) is 14.2. The molecule has 0 fully saturated rings. The topological polar surface area (TPSA) is 173 Å². The Morgan fingerprint density at radius 2 is 1.42 bits per heavy atom. The van der Waals surface area contributed by atoms with Crippen LogP contribution in [0.3, 0.4) is 0 Å². The van der Waals surface area contributed by atoms with Crippen molar-refractivity contribution in [3.63, 3.8) is 0 Å². The van der Waals surface area contributed by atoms with E-state index in [1.807, 2.05) is 90.5 Å². The molecule has 4 atom stereocenters. The molecule has 5 aromatic carbocycles. The molecule has 0 radical (unpaired) electrons. The Morgan fingerprint density at radius 3 is 2.14 bits per heavy atom. The second-order valence-corrected chi connectivity index (χ2v) is 19.4. The highest BCUT2D eigenvalue weighted by Crippen LogP contribution is 2.42. The van der Waals surface area contributed by atoms with Crippen LogP contribution in [-0.2, 0) is 51.7 Å². The molecule has 4 heterocycles. The molecule has 2 N–H and O–H groups in total. The van der Waals surface area contributed by atoms with Gasteiger partial charge in [-0.3, -0.25) is 38.7 Å². The number of anilines is 3. The van der Waals surface area contributed by atoms with Crippen molar-refractivity contribution in [3.05, 3.63) is 136 Å². The van der Waals surface area contributed by atoms with E-state index in [4.69, 9.17) is 19.2 Å². The lowest BCUT2D eigenvalue weighted by atomic mass is 9.99. The Kier molecular flexibility index (Phi) is 14.7. The maximum atomic E-state index is 14.1. The first-order chi connectivity index (χ1) is 34.8. The van der Waals surface area contributed by atoms with E-state index in [9.17, 15) is 28.8 Å². The number of nitrogens with one attached hydrogen (secondary N) is 2. The Balaban J connectivity index is 0.921. The van der Waals surface area contributed by atoms with Crippen LogP contribution in [0.1, 0.15) is 120 Å². The summed E-state index contributed by atoms with van der Waals surface area (Å²) in [6.07, 6.45) is 6.96. The third-order valence-corrected chi connectivity index (χ3v) is 14.2. The molecule has 4 amide bonds. The van der Waals surface area contributed by atoms with Crippen LogP contribution in [0.25, 0.3) is 0 Å².